The van der Waals surface area contributed by atoms with Crippen molar-refractivity contribution >= 4 is 32.9 Å². The monoisotopic (exact) mass is 325 g/mol. The first-order valence-electron chi connectivity index (χ1n) is 6.41. The third-order valence-electron chi connectivity index (χ3n) is 2.99. The van der Waals surface area contributed by atoms with Gasteiger partial charge in [-0.3, -0.25) is 0 Å². The number of hydrogen-bond acceptors (Lipinski definition) is 5. The lowest BCUT2D eigenvalue weighted by atomic mass is 10.3. The largest absolute Gasteiger partial charge is 0.340 e. The number of halogens is 1. The van der Waals surface area contributed by atoms with Gasteiger partial charge in [0.2, 0.25) is 0 Å². The van der Waals surface area contributed by atoms with E-state index in [4.69, 9.17) is 11.6 Å². The molecule has 0 saturated heterocycles. The molecule has 1 aromatic carbocycles. The van der Waals surface area contributed by atoms with E-state index in [1.54, 1.807) is 24.3 Å². The molecule has 0 aliphatic rings. The zero-order valence-corrected chi connectivity index (χ0v) is 13.6. The van der Waals surface area contributed by atoms with Crippen LogP contribution in [-0.2, 0) is 16.3 Å². The molecule has 0 saturated carbocycles. The second-order valence-corrected chi connectivity index (χ2v) is 7.05. The normalized spacial score (nSPS) is 11.4. The molecule has 21 heavy (non-hydrogen) atoms. The van der Waals surface area contributed by atoms with Crippen LogP contribution in [-0.4, -0.2) is 24.6 Å². The molecule has 112 valence electrons. The summed E-state index contributed by atoms with van der Waals surface area (Å²) in [6, 6.07) is 6.49. The van der Waals surface area contributed by atoms with Gasteiger partial charge in [-0.05, 0) is 31.2 Å². The van der Waals surface area contributed by atoms with Crippen molar-refractivity contribution in [1.29, 1.82) is 0 Å². The molecule has 0 radical (unpaired) electrons. The van der Waals surface area contributed by atoms with E-state index in [9.17, 15) is 8.42 Å². The van der Waals surface area contributed by atoms with E-state index < -0.39 is 9.84 Å². The van der Waals surface area contributed by atoms with Gasteiger partial charge in [0.25, 0.3) is 0 Å². The predicted molar refractivity (Wildman–Crippen MR) is 84.0 cm³/mol. The van der Waals surface area contributed by atoms with E-state index in [-0.39, 0.29) is 4.90 Å². The first-order valence-corrected chi connectivity index (χ1v) is 8.68. The fraction of sp³-hybridized carbons (Fsp3) is 0.286. The molecule has 0 spiro atoms. The zero-order valence-electron chi connectivity index (χ0n) is 12.0. The van der Waals surface area contributed by atoms with Crippen molar-refractivity contribution in [2.24, 2.45) is 0 Å². The topological polar surface area (TPSA) is 72.0 Å². The number of anilines is 2. The first kappa shape index (κ1) is 15.7. The van der Waals surface area contributed by atoms with Crippen molar-refractivity contribution in [2.75, 3.05) is 11.6 Å². The molecule has 0 aliphatic carbocycles. The third kappa shape index (κ3) is 3.71. The van der Waals surface area contributed by atoms with Gasteiger partial charge in [0.05, 0.1) is 4.90 Å². The highest BCUT2D eigenvalue weighted by Crippen LogP contribution is 2.24. The highest BCUT2D eigenvalue weighted by Gasteiger charge is 2.10. The Hall–Kier alpha value is -1.66. The summed E-state index contributed by atoms with van der Waals surface area (Å²) in [5, 5.41) is 3.55. The molecule has 0 fully saturated rings. The number of rotatable bonds is 4. The number of aryl methyl sites for hydroxylation is 1. The van der Waals surface area contributed by atoms with E-state index in [0.29, 0.717) is 23.2 Å². The summed E-state index contributed by atoms with van der Waals surface area (Å²) in [5.41, 5.74) is 1.49. The van der Waals surface area contributed by atoms with Gasteiger partial charge >= 0.3 is 0 Å². The quantitative estimate of drug-likeness (QED) is 0.874. The average Bonchev–Trinajstić information content (AvgIpc) is 2.43. The van der Waals surface area contributed by atoms with Crippen LogP contribution < -0.4 is 5.32 Å². The number of hydrogen-bond donors (Lipinski definition) is 1. The smallest absolute Gasteiger partial charge is 0.175 e. The number of nitrogens with zero attached hydrogens (tertiary/aromatic N) is 2. The minimum atomic E-state index is -3.19. The van der Waals surface area contributed by atoms with Gasteiger partial charge in [-0.25, -0.2) is 18.4 Å². The zero-order chi connectivity index (χ0) is 15.6. The molecule has 0 amide bonds. The summed E-state index contributed by atoms with van der Waals surface area (Å²) in [7, 11) is -3.19. The average molecular weight is 326 g/mol. The van der Waals surface area contributed by atoms with Crippen LogP contribution in [0.15, 0.2) is 29.2 Å². The van der Waals surface area contributed by atoms with Crippen LogP contribution in [0.3, 0.4) is 0 Å². The van der Waals surface area contributed by atoms with Gasteiger partial charge < -0.3 is 5.32 Å². The summed E-state index contributed by atoms with van der Waals surface area (Å²) in [6.45, 7) is 3.78. The Morgan fingerprint density at radius 3 is 2.33 bits per heavy atom. The number of benzene rings is 1. The van der Waals surface area contributed by atoms with Crippen molar-refractivity contribution in [3.8, 4) is 0 Å². The Morgan fingerprint density at radius 2 is 1.81 bits per heavy atom. The molecule has 0 bridgehead atoms. The highest BCUT2D eigenvalue weighted by atomic mass is 35.5. The van der Waals surface area contributed by atoms with E-state index in [2.05, 4.69) is 15.3 Å². The maximum Gasteiger partial charge on any atom is 0.175 e. The molecular weight excluding hydrogens is 310 g/mol. The summed E-state index contributed by atoms with van der Waals surface area (Å²) in [4.78, 5) is 8.85. The van der Waals surface area contributed by atoms with Gasteiger partial charge in [-0.1, -0.05) is 18.5 Å². The molecule has 2 aromatic rings. The van der Waals surface area contributed by atoms with Crippen molar-refractivity contribution < 1.29 is 8.42 Å². The summed E-state index contributed by atoms with van der Waals surface area (Å²) < 4.78 is 22.9. The Bertz CT molecular complexity index is 759. The maximum absolute atomic E-state index is 11.4. The number of sulfone groups is 1. The van der Waals surface area contributed by atoms with E-state index in [1.165, 1.54) is 6.26 Å². The van der Waals surface area contributed by atoms with Crippen molar-refractivity contribution in [3.63, 3.8) is 0 Å². The molecule has 0 aliphatic heterocycles. The fourth-order valence-corrected chi connectivity index (χ4v) is 2.55. The van der Waals surface area contributed by atoms with E-state index in [0.717, 1.165) is 11.3 Å². The van der Waals surface area contributed by atoms with Gasteiger partial charge in [0.1, 0.15) is 16.8 Å². The maximum atomic E-state index is 11.4. The first-order chi connectivity index (χ1) is 9.81. The molecule has 1 heterocycles. The van der Waals surface area contributed by atoms with Gasteiger partial charge in [-0.2, -0.15) is 0 Å². The van der Waals surface area contributed by atoms with Crippen molar-refractivity contribution in [2.45, 2.75) is 25.2 Å². The molecule has 0 atom stereocenters. The van der Waals surface area contributed by atoms with Crippen LogP contribution in [0.25, 0.3) is 0 Å². The second-order valence-electron chi connectivity index (χ2n) is 4.68. The van der Waals surface area contributed by atoms with Gasteiger partial charge in [-0.15, -0.1) is 0 Å². The van der Waals surface area contributed by atoms with Crippen LogP contribution in [0, 0.1) is 6.92 Å². The van der Waals surface area contributed by atoms with Crippen LogP contribution in [0.2, 0.25) is 5.15 Å². The van der Waals surface area contributed by atoms with Crippen molar-refractivity contribution in [1.82, 2.24) is 9.97 Å². The number of nitrogens with one attached hydrogen (secondary N) is 1. The predicted octanol–water partition coefficient (Wildman–Crippen LogP) is 3.15. The lowest BCUT2D eigenvalue weighted by Gasteiger charge is -2.11. The van der Waals surface area contributed by atoms with Gasteiger partial charge in [0, 0.05) is 23.9 Å². The van der Waals surface area contributed by atoms with Crippen LogP contribution >= 0.6 is 11.6 Å². The molecule has 1 aromatic heterocycles. The van der Waals surface area contributed by atoms with Crippen molar-refractivity contribution in [3.05, 3.63) is 40.8 Å². The molecule has 5 nitrogen and oxygen atoms in total. The Morgan fingerprint density at radius 1 is 1.19 bits per heavy atom. The minimum absolute atomic E-state index is 0.278. The molecule has 1 N–H and O–H groups in total. The lowest BCUT2D eigenvalue weighted by Crippen LogP contribution is -2.03. The third-order valence-corrected chi connectivity index (χ3v) is 4.49. The molecule has 0 unspecified atom stereocenters. The molecule has 7 heteroatoms. The number of aromatic nitrogens is 2. The van der Waals surface area contributed by atoms with E-state index in [1.807, 2.05) is 13.8 Å². The second kappa shape index (κ2) is 5.99. The summed E-state index contributed by atoms with van der Waals surface area (Å²) in [6.07, 6.45) is 1.86. The Labute approximate surface area is 129 Å². The van der Waals surface area contributed by atoms with Crippen LogP contribution in [0.1, 0.15) is 18.3 Å². The highest BCUT2D eigenvalue weighted by molar-refractivity contribution is 7.90. The van der Waals surface area contributed by atoms with Crippen LogP contribution in [0.4, 0.5) is 11.5 Å². The van der Waals surface area contributed by atoms with Gasteiger partial charge in [0.15, 0.2) is 9.84 Å². The Kier molecular flexibility index (Phi) is 4.49. The SMILES string of the molecule is CCc1nc(Cl)c(C)c(Nc2ccc(S(C)(=O)=O)cc2)n1. The lowest BCUT2D eigenvalue weighted by molar-refractivity contribution is 0.602. The fourth-order valence-electron chi connectivity index (χ4n) is 1.73. The van der Waals surface area contributed by atoms with Crippen LogP contribution in [0.5, 0.6) is 0 Å². The van der Waals surface area contributed by atoms with E-state index >= 15 is 0 Å². The minimum Gasteiger partial charge on any atom is -0.340 e. The Balaban J connectivity index is 2.32. The summed E-state index contributed by atoms with van der Waals surface area (Å²) in [5.74, 6) is 1.28. The molecular formula is C14H16ClN3O2S. The summed E-state index contributed by atoms with van der Waals surface area (Å²) >= 11 is 6.08. The molecule has 2 rings (SSSR count). The standard InChI is InChI=1S/C14H16ClN3O2S/c1-4-12-17-13(15)9(2)14(18-12)16-10-5-7-11(8-6-10)21(3,19)20/h5-8H,4H2,1-3H3,(H,16,17,18).